The second-order valence-corrected chi connectivity index (χ2v) is 13.2. The first-order chi connectivity index (χ1) is 22.9. The zero-order valence-electron chi connectivity index (χ0n) is 27.0. The van der Waals surface area contributed by atoms with Gasteiger partial charge in [-0.15, -0.1) is 0 Å². The Morgan fingerprint density at radius 2 is 1.44 bits per heavy atom. The van der Waals surface area contributed by atoms with Gasteiger partial charge in [0, 0.05) is 25.7 Å². The molecule has 0 spiro atoms. The summed E-state index contributed by atoms with van der Waals surface area (Å²) >= 11 is 0. The van der Waals surface area contributed by atoms with E-state index in [1.54, 1.807) is 0 Å². The smallest absolute Gasteiger partial charge is 0.187 e. The van der Waals surface area contributed by atoms with Crippen molar-refractivity contribution in [2.24, 2.45) is 28.9 Å². The third-order valence-electron chi connectivity index (χ3n) is 9.71. The molecule has 1 aliphatic carbocycles. The van der Waals surface area contributed by atoms with Crippen molar-refractivity contribution >= 4 is 0 Å². The van der Waals surface area contributed by atoms with Crippen molar-refractivity contribution < 1.29 is 69.3 Å². The van der Waals surface area contributed by atoms with Crippen LogP contribution in [0.2, 0.25) is 0 Å². The topological polar surface area (TPSA) is 333 Å². The van der Waals surface area contributed by atoms with Crippen LogP contribution in [0, 0.1) is 5.92 Å². The Morgan fingerprint density at radius 3 is 2.10 bits per heavy atom. The van der Waals surface area contributed by atoms with E-state index in [1.165, 1.54) is 0 Å². The molecule has 3 heterocycles. The van der Waals surface area contributed by atoms with Crippen LogP contribution in [0.15, 0.2) is 0 Å². The van der Waals surface area contributed by atoms with Crippen molar-refractivity contribution in [1.29, 1.82) is 0 Å². The van der Waals surface area contributed by atoms with Crippen LogP contribution in [0.1, 0.15) is 32.1 Å². The molecular weight excluding hydrogens is 642 g/mol. The first-order valence-electron chi connectivity index (χ1n) is 16.8. The molecule has 17 N–H and O–H groups in total. The minimum Gasteiger partial charge on any atom is -0.395 e. The highest BCUT2D eigenvalue weighted by Gasteiger charge is 2.54. The summed E-state index contributed by atoms with van der Waals surface area (Å²) in [4.78, 5) is 0. The average molecular weight is 700 g/mol. The van der Waals surface area contributed by atoms with Gasteiger partial charge < -0.3 is 97.5 Å². The Kier molecular flexibility index (Phi) is 15.5. The third kappa shape index (κ3) is 9.56. The monoisotopic (exact) mass is 699 g/mol. The van der Waals surface area contributed by atoms with Gasteiger partial charge in [-0.2, -0.15) is 0 Å². The van der Waals surface area contributed by atoms with E-state index >= 15 is 0 Å². The summed E-state index contributed by atoms with van der Waals surface area (Å²) in [5.41, 5.74) is 24.7. The summed E-state index contributed by atoms with van der Waals surface area (Å²) in [6, 6.07) is -2.49. The number of ether oxygens (including phenoxy) is 6. The summed E-state index contributed by atoms with van der Waals surface area (Å²) in [6.45, 7) is -0.431. The van der Waals surface area contributed by atoms with E-state index in [0.29, 0.717) is 25.9 Å². The van der Waals surface area contributed by atoms with E-state index in [4.69, 9.17) is 56.5 Å². The number of hydrogen-bond acceptors (Lipinski definition) is 19. The molecule has 19 heteroatoms. The van der Waals surface area contributed by atoms with Crippen molar-refractivity contribution in [3.63, 3.8) is 0 Å². The summed E-state index contributed by atoms with van der Waals surface area (Å²) in [6.07, 6.45) is -14.4. The molecule has 282 valence electrons. The lowest BCUT2D eigenvalue weighted by atomic mass is 9.77. The first-order valence-corrected chi connectivity index (χ1v) is 16.8. The Labute approximate surface area is 279 Å². The second kappa shape index (κ2) is 18.6. The van der Waals surface area contributed by atoms with E-state index < -0.39 is 117 Å². The first kappa shape index (κ1) is 40.0. The van der Waals surface area contributed by atoms with Gasteiger partial charge >= 0.3 is 0 Å². The van der Waals surface area contributed by atoms with Crippen molar-refractivity contribution in [2.75, 3.05) is 39.5 Å². The van der Waals surface area contributed by atoms with Crippen LogP contribution in [0.25, 0.3) is 0 Å². The maximum absolute atomic E-state index is 11.6. The number of nitrogens with two attached hydrogens (primary N) is 4. The standard InChI is InChI=1S/C29H57N5O14/c30-8-17-21(40)22(41)19(33)28(44-17)47-25-18(11-37)45-29(23(25)42)48-26-20(39)12(1-2-13(38)10-36)7-16(32)24(26)46-27-15(31)4-3-14(43-27)9-34-5-6-35/h12-29,34-42H,1-11,30-33H2/t12-,13?,14+,15-,16+,17+,18-,19-,20+,21-,22-,23-,24-,25-,26-,27-,28-,29+/m1/s1. The molecule has 0 radical (unpaired) electrons. The van der Waals surface area contributed by atoms with Crippen LogP contribution in [0.5, 0.6) is 0 Å². The fourth-order valence-electron chi connectivity index (χ4n) is 6.82. The predicted molar refractivity (Wildman–Crippen MR) is 164 cm³/mol. The van der Waals surface area contributed by atoms with Crippen molar-refractivity contribution in [3.05, 3.63) is 0 Å². The Morgan fingerprint density at radius 1 is 0.750 bits per heavy atom. The molecule has 4 rings (SSSR count). The minimum absolute atomic E-state index is 0.0333. The zero-order chi connectivity index (χ0) is 35.1. The Hall–Kier alpha value is -0.760. The predicted octanol–water partition coefficient (Wildman–Crippen LogP) is -6.79. The van der Waals surface area contributed by atoms with Crippen LogP contribution < -0.4 is 28.3 Å². The molecule has 4 aliphatic rings. The van der Waals surface area contributed by atoms with Crippen molar-refractivity contribution in [1.82, 2.24) is 5.32 Å². The van der Waals surface area contributed by atoms with E-state index in [9.17, 15) is 35.7 Å². The number of rotatable bonds is 16. The van der Waals surface area contributed by atoms with Gasteiger partial charge in [0.15, 0.2) is 18.9 Å². The summed E-state index contributed by atoms with van der Waals surface area (Å²) in [5, 5.41) is 85.1. The molecule has 1 saturated carbocycles. The maximum atomic E-state index is 11.6. The minimum atomic E-state index is -1.57. The molecule has 0 aromatic carbocycles. The number of aliphatic hydroxyl groups excluding tert-OH is 8. The average Bonchev–Trinajstić information content (AvgIpc) is 3.37. The molecule has 18 atom stereocenters. The van der Waals surface area contributed by atoms with Gasteiger partial charge in [0.25, 0.3) is 0 Å². The molecule has 0 aromatic rings. The zero-order valence-corrected chi connectivity index (χ0v) is 27.0. The van der Waals surface area contributed by atoms with Gasteiger partial charge in [-0.3, -0.25) is 0 Å². The molecule has 19 nitrogen and oxygen atoms in total. The molecule has 3 saturated heterocycles. The summed E-state index contributed by atoms with van der Waals surface area (Å²) in [5.74, 6) is -0.503. The highest BCUT2D eigenvalue weighted by Crippen LogP contribution is 2.37. The summed E-state index contributed by atoms with van der Waals surface area (Å²) in [7, 11) is 0. The van der Waals surface area contributed by atoms with Crippen molar-refractivity contribution in [2.45, 2.75) is 136 Å². The van der Waals surface area contributed by atoms with Crippen molar-refractivity contribution in [3.8, 4) is 0 Å². The number of nitrogens with one attached hydrogen (secondary N) is 1. The number of hydrogen-bond donors (Lipinski definition) is 13. The van der Waals surface area contributed by atoms with Gasteiger partial charge in [-0.25, -0.2) is 0 Å². The Balaban J connectivity index is 1.51. The highest BCUT2D eigenvalue weighted by molar-refractivity contribution is 5.00. The van der Waals surface area contributed by atoms with E-state index in [1.807, 2.05) is 0 Å². The van der Waals surface area contributed by atoms with Crippen LogP contribution in [-0.2, 0) is 28.4 Å². The lowest BCUT2D eigenvalue weighted by Crippen LogP contribution is -2.64. The molecule has 0 amide bonds. The second-order valence-electron chi connectivity index (χ2n) is 13.2. The van der Waals surface area contributed by atoms with E-state index in [2.05, 4.69) is 5.32 Å². The van der Waals surface area contributed by atoms with Crippen LogP contribution in [-0.4, -0.2) is 184 Å². The van der Waals surface area contributed by atoms with Crippen LogP contribution in [0.4, 0.5) is 0 Å². The fraction of sp³-hybridized carbons (Fsp3) is 1.00. The van der Waals surface area contributed by atoms with Crippen LogP contribution >= 0.6 is 0 Å². The van der Waals surface area contributed by atoms with Gasteiger partial charge in [-0.05, 0) is 38.0 Å². The molecule has 0 bridgehead atoms. The fourth-order valence-corrected chi connectivity index (χ4v) is 6.82. The highest BCUT2D eigenvalue weighted by atomic mass is 16.8. The van der Waals surface area contributed by atoms with Gasteiger partial charge in [0.2, 0.25) is 0 Å². The third-order valence-corrected chi connectivity index (χ3v) is 9.71. The SMILES string of the molecule is NC[C@@H]1O[C@H](O[C@H]2[C@@H](O)[C@H](O[C@@H]3[C@@H](O)[C@H](CCC(O)CO)C[C@H](N)[C@H]3O[C@H]3O[C@H](CNCCO)CC[C@H]3N)O[C@@H]2CO)[C@H](N)[C@@H](O)[C@@H]1O. The van der Waals surface area contributed by atoms with Gasteiger partial charge in [0.05, 0.1) is 50.2 Å². The lowest BCUT2D eigenvalue weighted by molar-refractivity contribution is -0.292. The molecule has 1 unspecified atom stereocenters. The lowest BCUT2D eigenvalue weighted by Gasteiger charge is -2.47. The molecular formula is C29H57N5O14. The maximum Gasteiger partial charge on any atom is 0.187 e. The Bertz CT molecular complexity index is 949. The van der Waals surface area contributed by atoms with Gasteiger partial charge in [0.1, 0.15) is 48.8 Å². The van der Waals surface area contributed by atoms with E-state index in [0.717, 1.165) is 0 Å². The van der Waals surface area contributed by atoms with Crippen LogP contribution in [0.3, 0.4) is 0 Å². The number of aliphatic hydroxyl groups is 8. The van der Waals surface area contributed by atoms with Gasteiger partial charge in [-0.1, -0.05) is 0 Å². The summed E-state index contributed by atoms with van der Waals surface area (Å²) < 4.78 is 36.0. The normalized spacial score (nSPS) is 46.1. The van der Waals surface area contributed by atoms with E-state index in [-0.39, 0.29) is 38.5 Å². The quantitative estimate of drug-likeness (QED) is 0.0666. The molecule has 0 aromatic heterocycles. The largest absolute Gasteiger partial charge is 0.395 e. The molecule has 48 heavy (non-hydrogen) atoms. The molecule has 3 aliphatic heterocycles. The molecule has 4 fully saturated rings.